The molecule has 1 aliphatic carbocycles. The molecule has 0 radical (unpaired) electrons. The van der Waals surface area contributed by atoms with Crippen molar-refractivity contribution in [1.29, 1.82) is 0 Å². The first-order chi connectivity index (χ1) is 6.72. The van der Waals surface area contributed by atoms with E-state index in [0.717, 1.165) is 36.1 Å². The van der Waals surface area contributed by atoms with Crippen LogP contribution in [0.15, 0.2) is 0 Å². The normalized spacial score (nSPS) is 15.9. The molecule has 0 unspecified atom stereocenters. The van der Waals surface area contributed by atoms with Crippen molar-refractivity contribution in [2.75, 3.05) is 17.6 Å². The van der Waals surface area contributed by atoms with Crippen molar-refractivity contribution in [3.05, 3.63) is 5.69 Å². The number of nitrogens with one attached hydrogen (secondary N) is 1. The van der Waals surface area contributed by atoms with Gasteiger partial charge in [-0.1, -0.05) is 6.92 Å². The summed E-state index contributed by atoms with van der Waals surface area (Å²) < 4.78 is 1.84. The molecule has 1 saturated carbocycles. The summed E-state index contributed by atoms with van der Waals surface area (Å²) in [6.07, 6.45) is 3.60. The lowest BCUT2D eigenvalue weighted by molar-refractivity contribution is 0.742. The van der Waals surface area contributed by atoms with E-state index < -0.39 is 0 Å². The molecule has 0 spiro atoms. The lowest BCUT2D eigenvalue weighted by Gasteiger charge is -2.06. The zero-order valence-corrected chi connectivity index (χ0v) is 8.88. The summed E-state index contributed by atoms with van der Waals surface area (Å²) in [7, 11) is 1.94. The van der Waals surface area contributed by atoms with Crippen molar-refractivity contribution in [3.63, 3.8) is 0 Å². The van der Waals surface area contributed by atoms with Gasteiger partial charge in [-0.2, -0.15) is 5.10 Å². The fourth-order valence-electron chi connectivity index (χ4n) is 1.63. The van der Waals surface area contributed by atoms with Gasteiger partial charge in [0.2, 0.25) is 0 Å². The molecule has 1 fully saturated rings. The molecule has 2 rings (SSSR count). The van der Waals surface area contributed by atoms with Crippen LogP contribution in [0.1, 0.15) is 25.5 Å². The second kappa shape index (κ2) is 3.52. The van der Waals surface area contributed by atoms with Gasteiger partial charge in [0.05, 0.1) is 11.4 Å². The van der Waals surface area contributed by atoms with Gasteiger partial charge in [-0.3, -0.25) is 4.68 Å². The molecule has 0 atom stereocenters. The average molecular weight is 194 g/mol. The van der Waals surface area contributed by atoms with E-state index in [1.54, 1.807) is 0 Å². The molecule has 4 nitrogen and oxygen atoms in total. The molecule has 0 amide bonds. The van der Waals surface area contributed by atoms with Crippen LogP contribution in [0.4, 0.5) is 11.5 Å². The van der Waals surface area contributed by atoms with Crippen LogP contribution in [-0.2, 0) is 13.5 Å². The average Bonchev–Trinajstić information content (AvgIpc) is 2.93. The summed E-state index contributed by atoms with van der Waals surface area (Å²) in [6.45, 7) is 3.11. The Bertz CT molecular complexity index is 325. The van der Waals surface area contributed by atoms with E-state index in [9.17, 15) is 0 Å². The minimum atomic E-state index is 0.815. The molecule has 1 heterocycles. The summed E-state index contributed by atoms with van der Waals surface area (Å²) in [5.41, 5.74) is 7.78. The molecule has 14 heavy (non-hydrogen) atoms. The smallest absolute Gasteiger partial charge is 0.147 e. The predicted octanol–water partition coefficient (Wildman–Crippen LogP) is 1.39. The Morgan fingerprint density at radius 2 is 2.29 bits per heavy atom. The molecule has 1 aromatic rings. The first kappa shape index (κ1) is 9.37. The van der Waals surface area contributed by atoms with E-state index in [1.165, 1.54) is 12.8 Å². The van der Waals surface area contributed by atoms with E-state index >= 15 is 0 Å². The summed E-state index contributed by atoms with van der Waals surface area (Å²) in [5.74, 6) is 1.84. The van der Waals surface area contributed by atoms with Gasteiger partial charge in [0, 0.05) is 13.6 Å². The number of rotatable bonds is 4. The fraction of sp³-hybridized carbons (Fsp3) is 0.700. The van der Waals surface area contributed by atoms with Crippen molar-refractivity contribution >= 4 is 11.5 Å². The number of aryl methyl sites for hydroxylation is 2. The highest BCUT2D eigenvalue weighted by Crippen LogP contribution is 2.30. The highest BCUT2D eigenvalue weighted by atomic mass is 15.3. The summed E-state index contributed by atoms with van der Waals surface area (Å²) in [4.78, 5) is 0. The van der Waals surface area contributed by atoms with Crippen LogP contribution in [0.5, 0.6) is 0 Å². The maximum atomic E-state index is 5.98. The summed E-state index contributed by atoms with van der Waals surface area (Å²) in [6, 6.07) is 0. The van der Waals surface area contributed by atoms with Crippen molar-refractivity contribution in [3.8, 4) is 0 Å². The van der Waals surface area contributed by atoms with Crippen LogP contribution in [0.2, 0.25) is 0 Å². The van der Waals surface area contributed by atoms with E-state index in [-0.39, 0.29) is 0 Å². The molecular formula is C10H18N4. The lowest BCUT2D eigenvalue weighted by atomic mass is 10.3. The number of hydrogen-bond acceptors (Lipinski definition) is 3. The Kier molecular flexibility index (Phi) is 2.35. The molecule has 0 bridgehead atoms. The third-order valence-corrected chi connectivity index (χ3v) is 2.75. The van der Waals surface area contributed by atoms with Crippen LogP contribution in [-0.4, -0.2) is 16.3 Å². The third kappa shape index (κ3) is 1.69. The molecule has 0 aliphatic heterocycles. The van der Waals surface area contributed by atoms with Crippen LogP contribution < -0.4 is 11.1 Å². The summed E-state index contributed by atoms with van der Waals surface area (Å²) in [5, 5.41) is 7.73. The van der Waals surface area contributed by atoms with E-state index in [0.29, 0.717) is 0 Å². The lowest BCUT2D eigenvalue weighted by Crippen LogP contribution is -2.09. The van der Waals surface area contributed by atoms with Crippen LogP contribution in [0, 0.1) is 5.92 Å². The molecule has 0 aromatic carbocycles. The molecule has 0 saturated heterocycles. The second-order valence-electron chi connectivity index (χ2n) is 4.01. The van der Waals surface area contributed by atoms with Crippen molar-refractivity contribution in [2.24, 2.45) is 13.0 Å². The molecular weight excluding hydrogens is 176 g/mol. The van der Waals surface area contributed by atoms with E-state index in [4.69, 9.17) is 5.73 Å². The number of aromatic nitrogens is 2. The Balaban J connectivity index is 2.09. The molecule has 1 aromatic heterocycles. The second-order valence-corrected chi connectivity index (χ2v) is 4.01. The van der Waals surface area contributed by atoms with Gasteiger partial charge >= 0.3 is 0 Å². The Labute approximate surface area is 84.5 Å². The van der Waals surface area contributed by atoms with Gasteiger partial charge in [-0.05, 0) is 25.2 Å². The molecule has 1 aliphatic rings. The Morgan fingerprint density at radius 1 is 1.57 bits per heavy atom. The van der Waals surface area contributed by atoms with Gasteiger partial charge in [-0.15, -0.1) is 0 Å². The van der Waals surface area contributed by atoms with Crippen molar-refractivity contribution in [1.82, 2.24) is 9.78 Å². The standard InChI is InChI=1S/C10H18N4/c1-3-8-9(11)10(14(2)13-8)12-6-7-4-5-7/h7,12H,3-6,11H2,1-2H3. The van der Waals surface area contributed by atoms with E-state index in [2.05, 4.69) is 17.3 Å². The van der Waals surface area contributed by atoms with Crippen LogP contribution in [0.25, 0.3) is 0 Å². The maximum absolute atomic E-state index is 5.98. The van der Waals surface area contributed by atoms with E-state index in [1.807, 2.05) is 11.7 Å². The SMILES string of the molecule is CCc1nn(C)c(NCC2CC2)c1N. The molecule has 4 heteroatoms. The minimum Gasteiger partial charge on any atom is -0.394 e. The monoisotopic (exact) mass is 194 g/mol. The maximum Gasteiger partial charge on any atom is 0.147 e. The number of nitrogens with two attached hydrogens (primary N) is 1. The van der Waals surface area contributed by atoms with Gasteiger partial charge in [0.1, 0.15) is 5.82 Å². The fourth-order valence-corrected chi connectivity index (χ4v) is 1.63. The van der Waals surface area contributed by atoms with Crippen LogP contribution >= 0.6 is 0 Å². The van der Waals surface area contributed by atoms with Gasteiger partial charge in [0.25, 0.3) is 0 Å². The third-order valence-electron chi connectivity index (χ3n) is 2.75. The quantitative estimate of drug-likeness (QED) is 0.761. The van der Waals surface area contributed by atoms with Gasteiger partial charge in [0.15, 0.2) is 0 Å². The highest BCUT2D eigenvalue weighted by Gasteiger charge is 2.22. The van der Waals surface area contributed by atoms with Gasteiger partial charge < -0.3 is 11.1 Å². The Hall–Kier alpha value is -1.19. The number of anilines is 2. The van der Waals surface area contributed by atoms with Crippen LogP contribution in [0.3, 0.4) is 0 Å². The largest absolute Gasteiger partial charge is 0.394 e. The molecule has 78 valence electrons. The highest BCUT2D eigenvalue weighted by molar-refractivity contribution is 5.65. The zero-order valence-electron chi connectivity index (χ0n) is 8.88. The summed E-state index contributed by atoms with van der Waals surface area (Å²) >= 11 is 0. The molecule has 3 N–H and O–H groups in total. The van der Waals surface area contributed by atoms with Crippen molar-refractivity contribution in [2.45, 2.75) is 26.2 Å². The first-order valence-electron chi connectivity index (χ1n) is 5.27. The zero-order chi connectivity index (χ0) is 10.1. The minimum absolute atomic E-state index is 0.815. The number of nitrogens with zero attached hydrogens (tertiary/aromatic N) is 2. The topological polar surface area (TPSA) is 55.9 Å². The van der Waals surface area contributed by atoms with Gasteiger partial charge in [-0.25, -0.2) is 0 Å². The number of hydrogen-bond donors (Lipinski definition) is 2. The van der Waals surface area contributed by atoms with Crippen molar-refractivity contribution < 1.29 is 0 Å². The predicted molar refractivity (Wildman–Crippen MR) is 58.2 cm³/mol. The first-order valence-corrected chi connectivity index (χ1v) is 5.27. The number of nitrogen functional groups attached to an aromatic ring is 1. The Morgan fingerprint density at radius 3 is 2.79 bits per heavy atom.